The monoisotopic (exact) mass is 382 g/mol. The van der Waals surface area contributed by atoms with E-state index in [1.165, 1.54) is 0 Å². The van der Waals surface area contributed by atoms with E-state index in [1.807, 2.05) is 36.6 Å². The second-order valence-electron chi connectivity index (χ2n) is 7.58. The van der Waals surface area contributed by atoms with Crippen LogP contribution in [0.4, 0.5) is 5.69 Å². The van der Waals surface area contributed by atoms with Crippen LogP contribution in [0.2, 0.25) is 0 Å². The van der Waals surface area contributed by atoms with E-state index >= 15 is 0 Å². The maximum atomic E-state index is 13.2. The summed E-state index contributed by atoms with van der Waals surface area (Å²) in [6.45, 7) is 8.71. The van der Waals surface area contributed by atoms with Gasteiger partial charge in [0, 0.05) is 18.3 Å². The van der Waals surface area contributed by atoms with Gasteiger partial charge in [-0.1, -0.05) is 32.0 Å². The second kappa shape index (κ2) is 8.59. The Morgan fingerprint density at radius 3 is 2.39 bits per heavy atom. The number of aromatic nitrogens is 2. The highest BCUT2D eigenvalue weighted by Crippen LogP contribution is 2.25. The van der Waals surface area contributed by atoms with Crippen molar-refractivity contribution in [2.75, 3.05) is 5.32 Å². The molecule has 2 heterocycles. The number of anilines is 1. The predicted molar refractivity (Wildman–Crippen MR) is 111 cm³/mol. The first-order chi connectivity index (χ1) is 13.5. The molecule has 0 atom stereocenters. The zero-order valence-electron chi connectivity index (χ0n) is 17.3. The molecule has 1 aliphatic heterocycles. The molecule has 1 aromatic carbocycles. The van der Waals surface area contributed by atoms with Gasteiger partial charge < -0.3 is 15.2 Å². The Bertz CT molecular complexity index is 861. The van der Waals surface area contributed by atoms with Crippen LogP contribution in [0.1, 0.15) is 78.5 Å². The van der Waals surface area contributed by atoms with Crippen LogP contribution < -0.4 is 10.6 Å². The lowest BCUT2D eigenvalue weighted by atomic mass is 10.0. The van der Waals surface area contributed by atoms with E-state index < -0.39 is 0 Å². The van der Waals surface area contributed by atoms with Gasteiger partial charge in [-0.15, -0.1) is 0 Å². The van der Waals surface area contributed by atoms with Gasteiger partial charge in [0.05, 0.1) is 5.69 Å². The summed E-state index contributed by atoms with van der Waals surface area (Å²) in [7, 11) is 0. The standard InChI is InChI=1S/C22H30N4O2/c1-5-15-10-9-11-16(6-2)18(15)25-22(28)20-24-19(21(27)23-14(3)4)17-12-7-8-13-26(17)20/h9-11,14H,5-8,12-13H2,1-4H3,(H,23,27)(H,25,28). The highest BCUT2D eigenvalue weighted by Gasteiger charge is 2.28. The fraction of sp³-hybridized carbons (Fsp3) is 0.500. The first kappa shape index (κ1) is 20.1. The minimum absolute atomic E-state index is 0.0225. The number of carbonyl (C=O) groups excluding carboxylic acids is 2. The Labute approximate surface area is 166 Å². The number of rotatable bonds is 6. The number of amides is 2. The number of benzene rings is 1. The van der Waals surface area contributed by atoms with Crippen molar-refractivity contribution in [3.8, 4) is 0 Å². The average Bonchev–Trinajstić information content (AvgIpc) is 3.07. The van der Waals surface area contributed by atoms with Gasteiger partial charge in [-0.2, -0.15) is 0 Å². The zero-order chi connectivity index (χ0) is 20.3. The molecule has 28 heavy (non-hydrogen) atoms. The number of carbonyl (C=O) groups is 2. The lowest BCUT2D eigenvalue weighted by molar-refractivity contribution is 0.0937. The minimum Gasteiger partial charge on any atom is -0.348 e. The largest absolute Gasteiger partial charge is 0.348 e. The fourth-order valence-corrected chi connectivity index (χ4v) is 3.80. The third-order valence-electron chi connectivity index (χ3n) is 5.19. The summed E-state index contributed by atoms with van der Waals surface area (Å²) < 4.78 is 1.92. The van der Waals surface area contributed by atoms with Crippen molar-refractivity contribution in [2.45, 2.75) is 72.4 Å². The van der Waals surface area contributed by atoms with Gasteiger partial charge in [0.1, 0.15) is 5.69 Å². The normalized spacial score (nSPS) is 13.3. The Balaban J connectivity index is 1.97. The highest BCUT2D eigenvalue weighted by molar-refractivity contribution is 6.04. The molecule has 6 heteroatoms. The summed E-state index contributed by atoms with van der Waals surface area (Å²) in [5.74, 6) is -0.123. The average molecular weight is 383 g/mol. The maximum absolute atomic E-state index is 13.2. The zero-order valence-corrected chi connectivity index (χ0v) is 17.3. The van der Waals surface area contributed by atoms with Crippen LogP contribution in [0.15, 0.2) is 18.2 Å². The summed E-state index contributed by atoms with van der Waals surface area (Å²) in [5.41, 5.74) is 4.35. The lowest BCUT2D eigenvalue weighted by Gasteiger charge is -2.18. The second-order valence-corrected chi connectivity index (χ2v) is 7.58. The Morgan fingerprint density at radius 1 is 1.11 bits per heavy atom. The van der Waals surface area contributed by atoms with Crippen LogP contribution in [0, 0.1) is 0 Å². The number of aryl methyl sites for hydroxylation is 2. The third-order valence-corrected chi connectivity index (χ3v) is 5.19. The summed E-state index contributed by atoms with van der Waals surface area (Å²) in [6.07, 6.45) is 4.44. The first-order valence-electron chi connectivity index (χ1n) is 10.3. The molecule has 2 amide bonds. The summed E-state index contributed by atoms with van der Waals surface area (Å²) >= 11 is 0. The smallest absolute Gasteiger partial charge is 0.291 e. The number of imidazole rings is 1. The van der Waals surface area contributed by atoms with Crippen molar-refractivity contribution in [1.29, 1.82) is 0 Å². The van der Waals surface area contributed by atoms with Gasteiger partial charge in [-0.25, -0.2) is 4.98 Å². The van der Waals surface area contributed by atoms with Gasteiger partial charge in [-0.05, 0) is 57.1 Å². The van der Waals surface area contributed by atoms with Gasteiger partial charge >= 0.3 is 0 Å². The van der Waals surface area contributed by atoms with Gasteiger partial charge in [0.2, 0.25) is 0 Å². The number of para-hydroxylation sites is 1. The minimum atomic E-state index is -0.248. The molecule has 2 N–H and O–H groups in total. The predicted octanol–water partition coefficient (Wildman–Crippen LogP) is 3.73. The van der Waals surface area contributed by atoms with Gasteiger partial charge in [0.15, 0.2) is 5.82 Å². The van der Waals surface area contributed by atoms with Crippen molar-refractivity contribution in [2.24, 2.45) is 0 Å². The summed E-state index contributed by atoms with van der Waals surface area (Å²) in [6, 6.07) is 6.13. The molecule has 0 saturated heterocycles. The third kappa shape index (κ3) is 3.96. The molecular weight excluding hydrogens is 352 g/mol. The van der Waals surface area contributed by atoms with Crippen molar-refractivity contribution in [1.82, 2.24) is 14.9 Å². The highest BCUT2D eigenvalue weighted by atomic mass is 16.2. The van der Waals surface area contributed by atoms with Crippen LogP contribution in [0.5, 0.6) is 0 Å². The van der Waals surface area contributed by atoms with Crippen LogP contribution in [-0.4, -0.2) is 27.4 Å². The van der Waals surface area contributed by atoms with Crippen LogP contribution in [0.25, 0.3) is 0 Å². The van der Waals surface area contributed by atoms with E-state index in [1.54, 1.807) is 0 Å². The van der Waals surface area contributed by atoms with Crippen molar-refractivity contribution in [3.63, 3.8) is 0 Å². The molecule has 6 nitrogen and oxygen atoms in total. The van der Waals surface area contributed by atoms with E-state index in [0.29, 0.717) is 11.5 Å². The molecule has 0 unspecified atom stereocenters. The van der Waals surface area contributed by atoms with E-state index in [9.17, 15) is 9.59 Å². The molecule has 1 aromatic heterocycles. The van der Waals surface area contributed by atoms with E-state index in [0.717, 1.165) is 61.2 Å². The van der Waals surface area contributed by atoms with Crippen molar-refractivity contribution >= 4 is 17.5 Å². The lowest BCUT2D eigenvalue weighted by Crippen LogP contribution is -2.31. The Hall–Kier alpha value is -2.63. The molecule has 2 aromatic rings. The van der Waals surface area contributed by atoms with Crippen molar-refractivity contribution < 1.29 is 9.59 Å². The molecule has 150 valence electrons. The van der Waals surface area contributed by atoms with Crippen LogP contribution in [0.3, 0.4) is 0 Å². The Kier molecular flexibility index (Phi) is 6.17. The van der Waals surface area contributed by atoms with Crippen LogP contribution >= 0.6 is 0 Å². The summed E-state index contributed by atoms with van der Waals surface area (Å²) in [4.78, 5) is 30.2. The number of nitrogens with one attached hydrogen (secondary N) is 2. The molecule has 0 fully saturated rings. The maximum Gasteiger partial charge on any atom is 0.291 e. The van der Waals surface area contributed by atoms with Gasteiger partial charge in [-0.3, -0.25) is 9.59 Å². The molecule has 0 spiro atoms. The number of nitrogens with zero attached hydrogens (tertiary/aromatic N) is 2. The first-order valence-corrected chi connectivity index (χ1v) is 10.3. The molecule has 0 bridgehead atoms. The molecule has 1 aliphatic rings. The number of hydrogen-bond acceptors (Lipinski definition) is 3. The van der Waals surface area contributed by atoms with Crippen LogP contribution in [-0.2, 0) is 25.8 Å². The van der Waals surface area contributed by atoms with E-state index in [-0.39, 0.29) is 17.9 Å². The number of fused-ring (bicyclic) bond motifs is 1. The SMILES string of the molecule is CCc1cccc(CC)c1NC(=O)c1nc(C(=O)NC(C)C)c2n1CCCC2. The molecule has 0 aliphatic carbocycles. The van der Waals surface area contributed by atoms with Crippen molar-refractivity contribution in [3.05, 3.63) is 46.5 Å². The molecular formula is C22H30N4O2. The van der Waals surface area contributed by atoms with Gasteiger partial charge in [0.25, 0.3) is 11.8 Å². The molecule has 0 saturated carbocycles. The Morgan fingerprint density at radius 2 is 1.79 bits per heavy atom. The van der Waals surface area contributed by atoms with E-state index in [4.69, 9.17) is 0 Å². The fourth-order valence-electron chi connectivity index (χ4n) is 3.80. The quantitative estimate of drug-likeness (QED) is 0.799. The summed E-state index contributed by atoms with van der Waals surface area (Å²) in [5, 5.41) is 5.99. The molecule has 0 radical (unpaired) electrons. The number of hydrogen-bond donors (Lipinski definition) is 2. The van der Waals surface area contributed by atoms with E-state index in [2.05, 4.69) is 29.5 Å². The topological polar surface area (TPSA) is 76.0 Å². The molecule has 3 rings (SSSR count).